The summed E-state index contributed by atoms with van der Waals surface area (Å²) in [6, 6.07) is -1.11. The highest BCUT2D eigenvalue weighted by molar-refractivity contribution is 5.67. The minimum Gasteiger partial charge on any atom is -0.443 e. The van der Waals surface area contributed by atoms with Crippen molar-refractivity contribution in [3.8, 4) is 0 Å². The highest BCUT2D eigenvalue weighted by Crippen LogP contribution is 2.06. The smallest absolute Gasteiger partial charge is 0.422 e. The van der Waals surface area contributed by atoms with E-state index in [1.165, 1.54) is 6.92 Å². The third-order valence-electron chi connectivity index (χ3n) is 1.18. The summed E-state index contributed by atoms with van der Waals surface area (Å²) in [5, 5.41) is 0. The van der Waals surface area contributed by atoms with Crippen molar-refractivity contribution in [2.75, 3.05) is 0 Å². The molecule has 0 aromatic heterocycles. The van der Waals surface area contributed by atoms with Gasteiger partial charge in [-0.25, -0.2) is 19.0 Å². The molecule has 1 atom stereocenters. The lowest BCUT2D eigenvalue weighted by Crippen LogP contribution is -2.47. The lowest BCUT2D eigenvalue weighted by atomic mass is 10.2. The Hall–Kier alpha value is -0.910. The molecule has 0 aromatic rings. The molecule has 0 saturated carbocycles. The first-order chi connectivity index (χ1) is 6.22. The molecule has 0 aliphatic heterocycles. The van der Waals surface area contributed by atoms with Crippen molar-refractivity contribution in [3.63, 3.8) is 0 Å². The average Bonchev–Trinajstić information content (AvgIpc) is 1.96. The molecule has 2 N–H and O–H groups in total. The SMILES string of the molecule is CC(NNC(=O)OC(C)(C)C)C(F)F. The van der Waals surface area contributed by atoms with E-state index in [9.17, 15) is 13.6 Å². The predicted octanol–water partition coefficient (Wildman–Crippen LogP) is 1.67. The Labute approximate surface area is 82.0 Å². The van der Waals surface area contributed by atoms with Gasteiger partial charge in [-0.05, 0) is 27.7 Å². The van der Waals surface area contributed by atoms with Crippen LogP contribution < -0.4 is 10.9 Å². The second-order valence-corrected chi connectivity index (χ2v) is 3.89. The second kappa shape index (κ2) is 5.09. The van der Waals surface area contributed by atoms with Gasteiger partial charge in [0.2, 0.25) is 0 Å². The number of nitrogens with one attached hydrogen (secondary N) is 2. The van der Waals surface area contributed by atoms with E-state index >= 15 is 0 Å². The maximum atomic E-state index is 12.0. The molecule has 0 radical (unpaired) electrons. The number of hydrogen-bond donors (Lipinski definition) is 2. The molecule has 0 aromatic carbocycles. The van der Waals surface area contributed by atoms with Crippen molar-refractivity contribution in [2.45, 2.75) is 45.8 Å². The maximum absolute atomic E-state index is 12.0. The summed E-state index contributed by atoms with van der Waals surface area (Å²) < 4.78 is 28.7. The minimum absolute atomic E-state index is 0.639. The number of carbonyl (C=O) groups excluding carboxylic acids is 1. The standard InChI is InChI=1S/C8H16F2N2O2/c1-5(6(9)10)11-12-7(13)14-8(2,3)4/h5-6,11H,1-4H3,(H,12,13). The van der Waals surface area contributed by atoms with Crippen LogP contribution in [0.3, 0.4) is 0 Å². The van der Waals surface area contributed by atoms with Crippen LogP contribution in [0.25, 0.3) is 0 Å². The molecule has 0 bridgehead atoms. The van der Waals surface area contributed by atoms with Gasteiger partial charge in [0.05, 0.1) is 6.04 Å². The lowest BCUT2D eigenvalue weighted by molar-refractivity contribution is 0.0435. The summed E-state index contributed by atoms with van der Waals surface area (Å²) in [6.45, 7) is 6.30. The van der Waals surface area contributed by atoms with Gasteiger partial charge in [0.1, 0.15) is 5.60 Å². The number of carbonyl (C=O) groups is 1. The van der Waals surface area contributed by atoms with Gasteiger partial charge < -0.3 is 4.74 Å². The Morgan fingerprint density at radius 3 is 2.21 bits per heavy atom. The first-order valence-corrected chi connectivity index (χ1v) is 4.25. The monoisotopic (exact) mass is 210 g/mol. The van der Waals surface area contributed by atoms with Crippen LogP contribution in [0.15, 0.2) is 0 Å². The van der Waals surface area contributed by atoms with E-state index in [0.717, 1.165) is 0 Å². The molecule has 0 aliphatic rings. The van der Waals surface area contributed by atoms with E-state index < -0.39 is 24.2 Å². The number of hydrazine groups is 1. The van der Waals surface area contributed by atoms with Gasteiger partial charge in [0.25, 0.3) is 6.43 Å². The van der Waals surface area contributed by atoms with Crippen LogP contribution in [-0.4, -0.2) is 24.2 Å². The Bertz CT molecular complexity index is 192. The highest BCUT2D eigenvalue weighted by Gasteiger charge is 2.18. The molecule has 0 spiro atoms. The third-order valence-corrected chi connectivity index (χ3v) is 1.18. The summed E-state index contributed by atoms with van der Waals surface area (Å²) >= 11 is 0. The van der Waals surface area contributed by atoms with E-state index in [4.69, 9.17) is 4.74 Å². The zero-order chi connectivity index (χ0) is 11.4. The third kappa shape index (κ3) is 6.59. The number of halogens is 2. The summed E-state index contributed by atoms with van der Waals surface area (Å²) in [4.78, 5) is 10.9. The molecule has 6 heteroatoms. The van der Waals surface area contributed by atoms with Crippen molar-refractivity contribution in [1.82, 2.24) is 10.9 Å². The molecule has 14 heavy (non-hydrogen) atoms. The summed E-state index contributed by atoms with van der Waals surface area (Å²) in [6.07, 6.45) is -3.31. The summed E-state index contributed by atoms with van der Waals surface area (Å²) in [5.41, 5.74) is 3.52. The van der Waals surface area contributed by atoms with Gasteiger partial charge in [-0.1, -0.05) is 0 Å². The fourth-order valence-electron chi connectivity index (χ4n) is 0.539. The molecule has 1 unspecified atom stereocenters. The van der Waals surface area contributed by atoms with E-state index in [2.05, 4.69) is 5.43 Å². The molecule has 1 amide bonds. The zero-order valence-electron chi connectivity index (χ0n) is 8.73. The van der Waals surface area contributed by atoms with E-state index in [1.807, 2.05) is 5.43 Å². The van der Waals surface area contributed by atoms with Crippen molar-refractivity contribution in [2.24, 2.45) is 0 Å². The number of hydrogen-bond acceptors (Lipinski definition) is 3. The first kappa shape index (κ1) is 13.1. The van der Waals surface area contributed by atoms with Gasteiger partial charge in [0.15, 0.2) is 0 Å². The number of alkyl halides is 2. The van der Waals surface area contributed by atoms with Crippen molar-refractivity contribution in [3.05, 3.63) is 0 Å². The maximum Gasteiger partial charge on any atom is 0.422 e. The molecular weight excluding hydrogens is 194 g/mol. The van der Waals surface area contributed by atoms with Gasteiger partial charge in [-0.15, -0.1) is 0 Å². The fraction of sp³-hybridized carbons (Fsp3) is 0.875. The molecule has 0 fully saturated rings. The van der Waals surface area contributed by atoms with Crippen LogP contribution >= 0.6 is 0 Å². The normalized spacial score (nSPS) is 13.9. The minimum atomic E-state index is -2.54. The molecule has 0 saturated heterocycles. The van der Waals surface area contributed by atoms with E-state index in [0.29, 0.717) is 0 Å². The molecule has 0 rings (SSSR count). The summed E-state index contributed by atoms with van der Waals surface area (Å²) in [5.74, 6) is 0. The number of rotatable bonds is 3. The first-order valence-electron chi connectivity index (χ1n) is 4.25. The highest BCUT2D eigenvalue weighted by atomic mass is 19.3. The van der Waals surface area contributed by atoms with E-state index in [1.54, 1.807) is 20.8 Å². The van der Waals surface area contributed by atoms with Crippen LogP contribution in [0.4, 0.5) is 13.6 Å². The Kier molecular flexibility index (Phi) is 4.76. The Morgan fingerprint density at radius 1 is 1.36 bits per heavy atom. The van der Waals surface area contributed by atoms with E-state index in [-0.39, 0.29) is 0 Å². The van der Waals surface area contributed by atoms with Crippen LogP contribution in [0.2, 0.25) is 0 Å². The van der Waals surface area contributed by atoms with Crippen molar-refractivity contribution < 1.29 is 18.3 Å². The molecule has 84 valence electrons. The van der Waals surface area contributed by atoms with Crippen molar-refractivity contribution >= 4 is 6.09 Å². The predicted molar refractivity (Wildman–Crippen MR) is 48.0 cm³/mol. The largest absolute Gasteiger partial charge is 0.443 e. The lowest BCUT2D eigenvalue weighted by Gasteiger charge is -2.21. The topological polar surface area (TPSA) is 50.4 Å². The Balaban J connectivity index is 3.75. The summed E-state index contributed by atoms with van der Waals surface area (Å²) in [7, 11) is 0. The van der Waals surface area contributed by atoms with Crippen LogP contribution in [0.1, 0.15) is 27.7 Å². The van der Waals surface area contributed by atoms with Crippen LogP contribution in [-0.2, 0) is 4.74 Å². The number of ether oxygens (including phenoxy) is 1. The number of amides is 1. The zero-order valence-corrected chi connectivity index (χ0v) is 8.73. The van der Waals surface area contributed by atoms with Gasteiger partial charge in [-0.2, -0.15) is 0 Å². The van der Waals surface area contributed by atoms with Gasteiger partial charge in [0, 0.05) is 0 Å². The molecular formula is C8H16F2N2O2. The molecule has 4 nitrogen and oxygen atoms in total. The molecule has 0 heterocycles. The van der Waals surface area contributed by atoms with Crippen LogP contribution in [0.5, 0.6) is 0 Å². The van der Waals surface area contributed by atoms with Crippen LogP contribution in [0, 0.1) is 0 Å². The quantitative estimate of drug-likeness (QED) is 0.696. The van der Waals surface area contributed by atoms with Gasteiger partial charge >= 0.3 is 6.09 Å². The second-order valence-electron chi connectivity index (χ2n) is 3.89. The fourth-order valence-corrected chi connectivity index (χ4v) is 0.539. The van der Waals surface area contributed by atoms with Crippen molar-refractivity contribution in [1.29, 1.82) is 0 Å². The van der Waals surface area contributed by atoms with Gasteiger partial charge in [-0.3, -0.25) is 5.43 Å². The Morgan fingerprint density at radius 2 is 1.86 bits per heavy atom. The molecule has 0 aliphatic carbocycles. The average molecular weight is 210 g/mol.